The van der Waals surface area contributed by atoms with Crippen molar-refractivity contribution in [2.24, 2.45) is 11.5 Å². The number of thiol groups is 2. The topological polar surface area (TPSA) is 86.2 Å². The van der Waals surface area contributed by atoms with Gasteiger partial charge < -0.3 is 12.9 Å². The summed E-state index contributed by atoms with van der Waals surface area (Å²) in [5.41, 5.74) is 8.67. The minimum absolute atomic E-state index is 0. The summed E-state index contributed by atoms with van der Waals surface area (Å²) in [5, 5.41) is -1.28. The van der Waals surface area contributed by atoms with Crippen LogP contribution >= 0.6 is 25.3 Å². The normalized spacial score (nSPS) is 5.56. The SMILES string of the molecule is NC(=O)S.NC(=O)S.[H-].[Na+]. The fourth-order valence-electron chi connectivity index (χ4n) is 0. The second kappa shape index (κ2) is 11.4. The summed E-state index contributed by atoms with van der Waals surface area (Å²) < 4.78 is 0. The molecule has 0 aliphatic rings. The summed E-state index contributed by atoms with van der Waals surface area (Å²) in [6.07, 6.45) is 0. The number of hydrogen-bond donors (Lipinski definition) is 4. The number of carbonyl (C=O) groups is 2. The van der Waals surface area contributed by atoms with Gasteiger partial charge in [-0.15, -0.1) is 0 Å². The molecule has 0 aromatic rings. The van der Waals surface area contributed by atoms with Crippen LogP contribution in [0.2, 0.25) is 0 Å². The van der Waals surface area contributed by atoms with Crippen LogP contribution in [-0.2, 0) is 0 Å². The molecule has 50 valence electrons. The van der Waals surface area contributed by atoms with Crippen molar-refractivity contribution in [3.05, 3.63) is 0 Å². The van der Waals surface area contributed by atoms with Crippen molar-refractivity contribution in [3.63, 3.8) is 0 Å². The van der Waals surface area contributed by atoms with Gasteiger partial charge in [0.15, 0.2) is 0 Å². The van der Waals surface area contributed by atoms with Crippen molar-refractivity contribution in [1.82, 2.24) is 0 Å². The Morgan fingerprint density at radius 2 is 1.11 bits per heavy atom. The predicted molar refractivity (Wildman–Crippen MR) is 38.3 cm³/mol. The molecule has 0 spiro atoms. The van der Waals surface area contributed by atoms with Crippen LogP contribution in [0, 0.1) is 0 Å². The van der Waals surface area contributed by atoms with Crippen LogP contribution in [-0.4, -0.2) is 10.5 Å². The Morgan fingerprint density at radius 3 is 1.11 bits per heavy atom. The third-order valence-corrected chi connectivity index (χ3v) is 0. The van der Waals surface area contributed by atoms with Crippen molar-refractivity contribution in [2.45, 2.75) is 0 Å². The Labute approximate surface area is 87.3 Å². The first-order valence-corrected chi connectivity index (χ1v) is 2.33. The number of hydrogen-bond acceptors (Lipinski definition) is 2. The third-order valence-electron chi connectivity index (χ3n) is 0. The molecule has 0 aromatic heterocycles. The van der Waals surface area contributed by atoms with Crippen molar-refractivity contribution in [2.75, 3.05) is 0 Å². The van der Waals surface area contributed by atoms with Crippen molar-refractivity contribution in [3.8, 4) is 0 Å². The van der Waals surface area contributed by atoms with Gasteiger partial charge in [-0.2, -0.15) is 0 Å². The molecule has 0 atom stereocenters. The van der Waals surface area contributed by atoms with E-state index in [4.69, 9.17) is 9.59 Å². The molecule has 9 heavy (non-hydrogen) atoms. The van der Waals surface area contributed by atoms with E-state index in [2.05, 4.69) is 36.7 Å². The van der Waals surface area contributed by atoms with Gasteiger partial charge >= 0.3 is 29.6 Å². The monoisotopic (exact) mass is 178 g/mol. The maximum Gasteiger partial charge on any atom is 1.00 e. The molecule has 0 saturated heterocycles. The molecule has 0 bridgehead atoms. The van der Waals surface area contributed by atoms with Gasteiger partial charge in [0.25, 0.3) is 10.5 Å². The molecule has 0 aliphatic heterocycles. The van der Waals surface area contributed by atoms with E-state index in [-0.39, 0.29) is 31.0 Å². The Hall–Kier alpha value is 0.640. The van der Waals surface area contributed by atoms with E-state index in [0.29, 0.717) is 0 Å². The maximum absolute atomic E-state index is 9.09. The smallest absolute Gasteiger partial charge is 1.00 e. The van der Waals surface area contributed by atoms with Gasteiger partial charge in [-0.3, -0.25) is 9.59 Å². The zero-order valence-corrected chi connectivity index (χ0v) is 8.65. The van der Waals surface area contributed by atoms with Gasteiger partial charge in [0, 0.05) is 0 Å². The van der Waals surface area contributed by atoms with Gasteiger partial charge in [0.1, 0.15) is 0 Å². The molecule has 0 rings (SSSR count). The average molecular weight is 178 g/mol. The Bertz CT molecular complexity index is 83.3. The molecule has 0 saturated carbocycles. The second-order valence-electron chi connectivity index (χ2n) is 0.676. The molecule has 7 heteroatoms. The van der Waals surface area contributed by atoms with Crippen LogP contribution < -0.4 is 41.0 Å². The third kappa shape index (κ3) is 930. The Morgan fingerprint density at radius 1 is 1.11 bits per heavy atom. The van der Waals surface area contributed by atoms with Gasteiger partial charge in [-0.05, 0) is 0 Å². The van der Waals surface area contributed by atoms with Gasteiger partial charge in [-0.1, -0.05) is 25.3 Å². The predicted octanol–water partition coefficient (Wildman–Crippen LogP) is -2.89. The second-order valence-corrected chi connectivity index (χ2v) is 1.56. The molecule has 4 nitrogen and oxygen atoms in total. The zero-order valence-electron chi connectivity index (χ0n) is 5.87. The van der Waals surface area contributed by atoms with Crippen molar-refractivity contribution >= 4 is 35.7 Å². The van der Waals surface area contributed by atoms with Crippen LogP contribution in [0.1, 0.15) is 1.43 Å². The molecular weight excluding hydrogens is 171 g/mol. The summed E-state index contributed by atoms with van der Waals surface area (Å²) in [6.45, 7) is 0. The van der Waals surface area contributed by atoms with E-state index in [9.17, 15) is 0 Å². The molecule has 0 aromatic carbocycles. The molecular formula is C2H7N2NaO2S2. The van der Waals surface area contributed by atoms with Crippen LogP contribution in [0.3, 0.4) is 0 Å². The molecule has 0 heterocycles. The summed E-state index contributed by atoms with van der Waals surface area (Å²) in [7, 11) is 0. The molecule has 0 fully saturated rings. The molecule has 0 unspecified atom stereocenters. The number of amides is 2. The Balaban J connectivity index is -0.0000000300. The van der Waals surface area contributed by atoms with Crippen molar-refractivity contribution < 1.29 is 40.6 Å². The van der Waals surface area contributed by atoms with Crippen LogP contribution in [0.15, 0.2) is 0 Å². The summed E-state index contributed by atoms with van der Waals surface area (Å²) >= 11 is 6.21. The average Bonchev–Trinajstić information content (AvgIpc) is 1.25. The van der Waals surface area contributed by atoms with Crippen LogP contribution in [0.4, 0.5) is 9.59 Å². The Kier molecular flexibility index (Phi) is 20.7. The first kappa shape index (κ1) is 16.3. The van der Waals surface area contributed by atoms with E-state index in [0.717, 1.165) is 0 Å². The number of carbonyl (C=O) groups excluding carboxylic acids is 2. The molecule has 4 N–H and O–H groups in total. The summed E-state index contributed by atoms with van der Waals surface area (Å²) in [6, 6.07) is 0. The van der Waals surface area contributed by atoms with Crippen molar-refractivity contribution in [1.29, 1.82) is 0 Å². The number of rotatable bonds is 0. The standard InChI is InChI=1S/2CH3NOS.Na.H/c2*2-1(3)4;;/h2*(H3,2,3,4);;/q;;+1;-1. The minimum Gasteiger partial charge on any atom is -1.00 e. The minimum atomic E-state index is -0.639. The fourth-order valence-corrected chi connectivity index (χ4v) is 0. The largest absolute Gasteiger partial charge is 1.00 e. The molecule has 0 aliphatic carbocycles. The fraction of sp³-hybridized carbons (Fsp3) is 0. The zero-order chi connectivity index (χ0) is 7.15. The van der Waals surface area contributed by atoms with E-state index in [1.54, 1.807) is 0 Å². The first-order chi connectivity index (χ1) is 3.46. The maximum atomic E-state index is 9.09. The quantitative estimate of drug-likeness (QED) is 0.237. The summed E-state index contributed by atoms with van der Waals surface area (Å²) in [4.78, 5) is 18.2. The van der Waals surface area contributed by atoms with Crippen LogP contribution in [0.5, 0.6) is 0 Å². The number of primary amides is 2. The molecule has 0 radical (unpaired) electrons. The van der Waals surface area contributed by atoms with E-state index in [1.165, 1.54) is 0 Å². The number of nitrogens with two attached hydrogens (primary N) is 2. The van der Waals surface area contributed by atoms with Gasteiger partial charge in [-0.25, -0.2) is 0 Å². The van der Waals surface area contributed by atoms with E-state index < -0.39 is 10.5 Å². The van der Waals surface area contributed by atoms with E-state index in [1.807, 2.05) is 0 Å². The molecule has 2 amide bonds. The van der Waals surface area contributed by atoms with Crippen LogP contribution in [0.25, 0.3) is 0 Å². The van der Waals surface area contributed by atoms with E-state index >= 15 is 0 Å². The first-order valence-electron chi connectivity index (χ1n) is 1.43. The van der Waals surface area contributed by atoms with Gasteiger partial charge in [0.05, 0.1) is 0 Å². The summed E-state index contributed by atoms with van der Waals surface area (Å²) in [5.74, 6) is 0. The van der Waals surface area contributed by atoms with Gasteiger partial charge in [0.2, 0.25) is 0 Å².